The number of aliphatic hydroxyl groups is 1. The molecular formula is C25H31NO5. The van der Waals surface area contributed by atoms with Crippen LogP contribution in [0.15, 0.2) is 48.5 Å². The Bertz CT molecular complexity index is 923. The first-order valence-corrected chi connectivity index (χ1v) is 10.9. The van der Waals surface area contributed by atoms with E-state index in [0.717, 1.165) is 12.0 Å². The van der Waals surface area contributed by atoms with E-state index in [2.05, 4.69) is 12.1 Å². The number of likely N-dealkylation sites (tertiary alicyclic amines) is 1. The van der Waals surface area contributed by atoms with Crippen molar-refractivity contribution in [1.82, 2.24) is 4.90 Å². The van der Waals surface area contributed by atoms with Gasteiger partial charge in [-0.1, -0.05) is 30.3 Å². The monoisotopic (exact) mass is 425 g/mol. The summed E-state index contributed by atoms with van der Waals surface area (Å²) < 4.78 is 17.8. The lowest BCUT2D eigenvalue weighted by molar-refractivity contribution is -0.0133. The Balaban J connectivity index is 1.41. The maximum atomic E-state index is 12.5. The molecule has 1 amide bonds. The van der Waals surface area contributed by atoms with E-state index in [-0.39, 0.29) is 6.09 Å². The number of carbonyl (C=O) groups excluding carboxylic acids is 1. The molecule has 0 bridgehead atoms. The summed E-state index contributed by atoms with van der Waals surface area (Å²) in [7, 11) is 0. The highest BCUT2D eigenvalue weighted by Crippen LogP contribution is 2.45. The second-order valence-electron chi connectivity index (χ2n) is 9.44. The van der Waals surface area contributed by atoms with Crippen molar-refractivity contribution in [2.24, 2.45) is 0 Å². The van der Waals surface area contributed by atoms with Crippen molar-refractivity contribution in [2.45, 2.75) is 57.3 Å². The molecule has 166 valence electrons. The molecule has 6 heteroatoms. The minimum Gasteiger partial charge on any atom is -0.493 e. The van der Waals surface area contributed by atoms with Crippen molar-refractivity contribution < 1.29 is 24.1 Å². The fraction of sp³-hybridized carbons (Fsp3) is 0.480. The van der Waals surface area contributed by atoms with Gasteiger partial charge in [0.25, 0.3) is 0 Å². The quantitative estimate of drug-likeness (QED) is 0.781. The second-order valence-corrected chi connectivity index (χ2v) is 9.44. The molecule has 6 nitrogen and oxygen atoms in total. The van der Waals surface area contributed by atoms with Crippen molar-refractivity contribution in [1.29, 1.82) is 0 Å². The molecule has 1 fully saturated rings. The lowest BCUT2D eigenvalue weighted by Crippen LogP contribution is -2.45. The van der Waals surface area contributed by atoms with Gasteiger partial charge in [-0.25, -0.2) is 4.79 Å². The van der Waals surface area contributed by atoms with Crippen LogP contribution in [0.1, 0.15) is 50.8 Å². The summed E-state index contributed by atoms with van der Waals surface area (Å²) >= 11 is 0. The summed E-state index contributed by atoms with van der Waals surface area (Å²) in [5.74, 6) is 1.34. The molecule has 2 atom stereocenters. The standard InChI is InChI=1S/C25H31NO5/c1-24(2,3)31-23(28)26-13-12-25(17-26)16-21(27)20-10-9-19(15-22(20)30-25)29-14-11-18-7-5-4-6-8-18/h4-10,15,21,27H,11-14,16-17H2,1-3H3/t21-,25+/m1/s1. The zero-order chi connectivity index (χ0) is 22.1. The van der Waals surface area contributed by atoms with Crippen LogP contribution in [-0.4, -0.2) is 47.0 Å². The van der Waals surface area contributed by atoms with Gasteiger partial charge in [0.2, 0.25) is 0 Å². The number of fused-ring (bicyclic) bond motifs is 1. The van der Waals surface area contributed by atoms with Gasteiger partial charge in [0.1, 0.15) is 22.7 Å². The van der Waals surface area contributed by atoms with Gasteiger partial charge >= 0.3 is 6.09 Å². The van der Waals surface area contributed by atoms with Gasteiger partial charge < -0.3 is 24.2 Å². The largest absolute Gasteiger partial charge is 0.493 e. The number of amides is 1. The third kappa shape index (κ3) is 5.13. The highest BCUT2D eigenvalue weighted by molar-refractivity contribution is 5.68. The molecular weight excluding hydrogens is 394 g/mol. The first kappa shape index (κ1) is 21.5. The third-order valence-corrected chi connectivity index (χ3v) is 5.71. The third-order valence-electron chi connectivity index (χ3n) is 5.71. The molecule has 2 heterocycles. The normalized spacial score (nSPS) is 22.7. The molecule has 0 radical (unpaired) electrons. The van der Waals surface area contributed by atoms with Crippen LogP contribution in [0.25, 0.3) is 0 Å². The lowest BCUT2D eigenvalue weighted by Gasteiger charge is -2.38. The van der Waals surface area contributed by atoms with Gasteiger partial charge in [-0.05, 0) is 38.5 Å². The Morgan fingerprint density at radius 1 is 1.23 bits per heavy atom. The summed E-state index contributed by atoms with van der Waals surface area (Å²) in [6, 6.07) is 15.8. The lowest BCUT2D eigenvalue weighted by atomic mass is 9.88. The number of benzene rings is 2. The van der Waals surface area contributed by atoms with Gasteiger partial charge in [-0.2, -0.15) is 0 Å². The van der Waals surface area contributed by atoms with Crippen molar-refractivity contribution in [3.05, 3.63) is 59.7 Å². The number of hydrogen-bond donors (Lipinski definition) is 1. The highest BCUT2D eigenvalue weighted by Gasteiger charge is 2.47. The molecule has 1 N–H and O–H groups in total. The van der Waals surface area contributed by atoms with Gasteiger partial charge in [0.15, 0.2) is 0 Å². The molecule has 0 aromatic heterocycles. The first-order chi connectivity index (χ1) is 14.7. The maximum absolute atomic E-state index is 12.5. The minimum atomic E-state index is -0.638. The number of hydrogen-bond acceptors (Lipinski definition) is 5. The van der Waals surface area contributed by atoms with E-state index in [1.807, 2.05) is 57.2 Å². The summed E-state index contributed by atoms with van der Waals surface area (Å²) in [6.07, 6.45) is 0.942. The van der Waals surface area contributed by atoms with Gasteiger partial charge in [0, 0.05) is 37.4 Å². The fourth-order valence-corrected chi connectivity index (χ4v) is 4.21. The van der Waals surface area contributed by atoms with Crippen LogP contribution in [0.5, 0.6) is 11.5 Å². The van der Waals surface area contributed by atoms with E-state index in [4.69, 9.17) is 14.2 Å². The van der Waals surface area contributed by atoms with Crippen molar-refractivity contribution in [3.8, 4) is 11.5 Å². The van der Waals surface area contributed by atoms with E-state index >= 15 is 0 Å². The van der Waals surface area contributed by atoms with Crippen molar-refractivity contribution >= 4 is 6.09 Å². The van der Waals surface area contributed by atoms with Gasteiger partial charge in [0.05, 0.1) is 19.3 Å². The topological polar surface area (TPSA) is 68.2 Å². The Morgan fingerprint density at radius 2 is 2.00 bits per heavy atom. The number of nitrogens with zero attached hydrogens (tertiary/aromatic N) is 1. The average molecular weight is 426 g/mol. The predicted molar refractivity (Wildman–Crippen MR) is 117 cm³/mol. The second kappa shape index (κ2) is 8.42. The number of ether oxygens (including phenoxy) is 3. The molecule has 2 aliphatic heterocycles. The van der Waals surface area contributed by atoms with Crippen molar-refractivity contribution in [2.75, 3.05) is 19.7 Å². The SMILES string of the molecule is CC(C)(C)OC(=O)N1CC[C@]2(C[C@@H](O)c3ccc(OCCc4ccccc4)cc3O2)C1. The van der Waals surface area contributed by atoms with Crippen LogP contribution in [0.2, 0.25) is 0 Å². The minimum absolute atomic E-state index is 0.341. The summed E-state index contributed by atoms with van der Waals surface area (Å²) in [6.45, 7) is 7.07. The molecule has 2 aliphatic rings. The smallest absolute Gasteiger partial charge is 0.410 e. The van der Waals surface area contributed by atoms with E-state index in [0.29, 0.717) is 44.0 Å². The summed E-state index contributed by atoms with van der Waals surface area (Å²) in [4.78, 5) is 14.1. The zero-order valence-corrected chi connectivity index (χ0v) is 18.5. The van der Waals surface area contributed by atoms with Gasteiger partial charge in [-0.15, -0.1) is 0 Å². The van der Waals surface area contributed by atoms with Crippen LogP contribution in [0, 0.1) is 0 Å². The Kier molecular flexibility index (Phi) is 5.84. The van der Waals surface area contributed by atoms with Crippen LogP contribution < -0.4 is 9.47 Å². The van der Waals surface area contributed by atoms with Crippen LogP contribution in [-0.2, 0) is 11.2 Å². The molecule has 2 aromatic carbocycles. The molecule has 1 spiro atoms. The molecule has 0 saturated carbocycles. The van der Waals surface area contributed by atoms with E-state index in [1.54, 1.807) is 4.90 Å². The zero-order valence-electron chi connectivity index (χ0n) is 18.5. The highest BCUT2D eigenvalue weighted by atomic mass is 16.6. The van der Waals surface area contributed by atoms with E-state index < -0.39 is 17.3 Å². The summed E-state index contributed by atoms with van der Waals surface area (Å²) in [5.41, 5.74) is 0.834. The Labute approximate surface area is 183 Å². The summed E-state index contributed by atoms with van der Waals surface area (Å²) in [5, 5.41) is 10.8. The van der Waals surface area contributed by atoms with Crippen LogP contribution in [0.4, 0.5) is 4.79 Å². The van der Waals surface area contributed by atoms with Crippen LogP contribution >= 0.6 is 0 Å². The molecule has 1 saturated heterocycles. The number of aliphatic hydroxyl groups excluding tert-OH is 1. The molecule has 31 heavy (non-hydrogen) atoms. The van der Waals surface area contributed by atoms with E-state index in [1.165, 1.54) is 5.56 Å². The molecule has 0 aliphatic carbocycles. The van der Waals surface area contributed by atoms with E-state index in [9.17, 15) is 9.90 Å². The predicted octanol–water partition coefficient (Wildman–Crippen LogP) is 4.50. The molecule has 2 aromatic rings. The van der Waals surface area contributed by atoms with Crippen molar-refractivity contribution in [3.63, 3.8) is 0 Å². The fourth-order valence-electron chi connectivity index (χ4n) is 4.21. The molecule has 4 rings (SSSR count). The number of carbonyl (C=O) groups is 1. The van der Waals surface area contributed by atoms with Gasteiger partial charge in [-0.3, -0.25) is 0 Å². The average Bonchev–Trinajstić information content (AvgIpc) is 3.10. The Hall–Kier alpha value is -2.73. The van der Waals surface area contributed by atoms with Crippen LogP contribution in [0.3, 0.4) is 0 Å². The Morgan fingerprint density at radius 3 is 2.74 bits per heavy atom. The number of rotatable bonds is 4. The molecule has 0 unspecified atom stereocenters. The first-order valence-electron chi connectivity index (χ1n) is 10.9. The maximum Gasteiger partial charge on any atom is 0.410 e.